The van der Waals surface area contributed by atoms with E-state index in [1.807, 2.05) is 12.1 Å². The summed E-state index contributed by atoms with van der Waals surface area (Å²) in [6.07, 6.45) is 0.159. The second-order valence-corrected chi connectivity index (χ2v) is 5.51. The van der Waals surface area contributed by atoms with Crippen molar-refractivity contribution in [1.82, 2.24) is 5.32 Å². The topological polar surface area (TPSA) is 81.4 Å². The summed E-state index contributed by atoms with van der Waals surface area (Å²) in [7, 11) is 0. The summed E-state index contributed by atoms with van der Waals surface area (Å²) in [6, 6.07) is 7.31. The fourth-order valence-electron chi connectivity index (χ4n) is 1.27. The Balaban J connectivity index is 2.35. The van der Waals surface area contributed by atoms with E-state index in [0.29, 0.717) is 5.75 Å². The van der Waals surface area contributed by atoms with Gasteiger partial charge in [-0.2, -0.15) is 0 Å². The van der Waals surface area contributed by atoms with Gasteiger partial charge in [0.05, 0.1) is 13.0 Å². The number of primary amides is 1. The number of ether oxygens (including phenoxy) is 1. The van der Waals surface area contributed by atoms with Crippen molar-refractivity contribution in [2.75, 3.05) is 6.61 Å². The number of hydrogen-bond acceptors (Lipinski definition) is 3. The summed E-state index contributed by atoms with van der Waals surface area (Å²) >= 11 is 3.32. The summed E-state index contributed by atoms with van der Waals surface area (Å²) in [6.45, 7) is 3.36. The molecule has 0 aliphatic heterocycles. The van der Waals surface area contributed by atoms with Crippen molar-refractivity contribution in [2.24, 2.45) is 5.73 Å². The van der Waals surface area contributed by atoms with Gasteiger partial charge in [0.1, 0.15) is 11.3 Å². The summed E-state index contributed by atoms with van der Waals surface area (Å²) in [5.41, 5.74) is 4.12. The first-order valence-electron chi connectivity index (χ1n) is 5.80. The highest BCUT2D eigenvalue weighted by molar-refractivity contribution is 9.10. The summed E-state index contributed by atoms with van der Waals surface area (Å²) in [4.78, 5) is 22.7. The van der Waals surface area contributed by atoms with E-state index in [1.165, 1.54) is 0 Å². The highest BCUT2D eigenvalue weighted by Crippen LogP contribution is 2.16. The van der Waals surface area contributed by atoms with E-state index >= 15 is 0 Å². The number of benzene rings is 1. The lowest BCUT2D eigenvalue weighted by Crippen LogP contribution is -2.53. The normalized spacial score (nSPS) is 10.9. The van der Waals surface area contributed by atoms with Gasteiger partial charge in [0.2, 0.25) is 11.8 Å². The maximum atomic E-state index is 11.6. The number of carbonyl (C=O) groups excluding carboxylic acids is 2. The Morgan fingerprint density at radius 1 is 1.32 bits per heavy atom. The summed E-state index contributed by atoms with van der Waals surface area (Å²) in [5.74, 6) is -0.166. The molecule has 0 spiro atoms. The van der Waals surface area contributed by atoms with Gasteiger partial charge in [-0.15, -0.1) is 0 Å². The van der Waals surface area contributed by atoms with Gasteiger partial charge in [0.25, 0.3) is 0 Å². The molecule has 3 N–H and O–H groups in total. The van der Waals surface area contributed by atoms with Crippen LogP contribution in [0.2, 0.25) is 0 Å². The van der Waals surface area contributed by atoms with Gasteiger partial charge in [-0.25, -0.2) is 0 Å². The van der Waals surface area contributed by atoms with Crippen LogP contribution < -0.4 is 15.8 Å². The van der Waals surface area contributed by atoms with Crippen molar-refractivity contribution in [3.05, 3.63) is 28.7 Å². The molecule has 0 aliphatic carbocycles. The zero-order valence-corrected chi connectivity index (χ0v) is 12.5. The van der Waals surface area contributed by atoms with Crippen molar-refractivity contribution in [2.45, 2.75) is 25.8 Å². The van der Waals surface area contributed by atoms with E-state index in [4.69, 9.17) is 10.5 Å². The highest BCUT2D eigenvalue weighted by atomic mass is 79.9. The lowest BCUT2D eigenvalue weighted by molar-refractivity contribution is -0.130. The van der Waals surface area contributed by atoms with Crippen LogP contribution in [0.5, 0.6) is 5.75 Å². The molecule has 19 heavy (non-hydrogen) atoms. The molecule has 0 saturated carbocycles. The Morgan fingerprint density at radius 2 is 1.89 bits per heavy atom. The predicted molar refractivity (Wildman–Crippen MR) is 75.7 cm³/mol. The quantitative estimate of drug-likeness (QED) is 0.832. The molecular formula is C13H17BrN2O3. The summed E-state index contributed by atoms with van der Waals surface area (Å²) in [5, 5.41) is 2.55. The average molecular weight is 329 g/mol. The average Bonchev–Trinajstić information content (AvgIpc) is 2.31. The Labute approximate surface area is 120 Å². The Morgan fingerprint density at radius 3 is 2.42 bits per heavy atom. The molecule has 6 heteroatoms. The van der Waals surface area contributed by atoms with Crippen molar-refractivity contribution < 1.29 is 14.3 Å². The molecule has 0 bridgehead atoms. The molecule has 0 aliphatic rings. The van der Waals surface area contributed by atoms with Crippen LogP contribution in [0.15, 0.2) is 28.7 Å². The van der Waals surface area contributed by atoms with Gasteiger partial charge < -0.3 is 15.8 Å². The molecule has 0 unspecified atom stereocenters. The van der Waals surface area contributed by atoms with Crippen molar-refractivity contribution >= 4 is 27.7 Å². The van der Waals surface area contributed by atoms with Crippen molar-refractivity contribution in [3.63, 3.8) is 0 Å². The molecule has 5 nitrogen and oxygen atoms in total. The smallest absolute Gasteiger partial charge is 0.242 e. The molecule has 1 aromatic carbocycles. The molecule has 0 heterocycles. The number of rotatable bonds is 6. The number of amides is 2. The second kappa shape index (κ2) is 6.56. The molecule has 0 radical (unpaired) electrons. The standard InChI is InChI=1S/C13H17BrN2O3/c1-13(2,12(15)18)16-11(17)7-8-19-10-5-3-9(14)4-6-10/h3-6H,7-8H2,1-2H3,(H2,15,18)(H,16,17). The second-order valence-electron chi connectivity index (χ2n) is 4.59. The summed E-state index contributed by atoms with van der Waals surface area (Å²) < 4.78 is 6.37. The van der Waals surface area contributed by atoms with Gasteiger partial charge in [0, 0.05) is 4.47 Å². The number of carbonyl (C=O) groups is 2. The highest BCUT2D eigenvalue weighted by Gasteiger charge is 2.26. The molecule has 0 saturated heterocycles. The lowest BCUT2D eigenvalue weighted by atomic mass is 10.1. The van der Waals surface area contributed by atoms with Crippen LogP contribution in [0.3, 0.4) is 0 Å². The van der Waals surface area contributed by atoms with E-state index in [-0.39, 0.29) is 18.9 Å². The van der Waals surface area contributed by atoms with E-state index < -0.39 is 11.4 Å². The van der Waals surface area contributed by atoms with Crippen LogP contribution in [0.1, 0.15) is 20.3 Å². The van der Waals surface area contributed by atoms with Crippen LogP contribution in [-0.4, -0.2) is 24.0 Å². The third kappa shape index (κ3) is 5.30. The molecule has 104 valence electrons. The zero-order valence-electron chi connectivity index (χ0n) is 10.9. The molecule has 2 amide bonds. The van der Waals surface area contributed by atoms with Crippen LogP contribution >= 0.6 is 15.9 Å². The van der Waals surface area contributed by atoms with Crippen LogP contribution in [0.25, 0.3) is 0 Å². The first kappa shape index (κ1) is 15.5. The molecule has 1 aromatic rings. The maximum Gasteiger partial charge on any atom is 0.242 e. The van der Waals surface area contributed by atoms with Crippen molar-refractivity contribution in [3.8, 4) is 5.75 Å². The molecule has 0 fully saturated rings. The third-order valence-electron chi connectivity index (χ3n) is 2.48. The van der Waals surface area contributed by atoms with Gasteiger partial charge >= 0.3 is 0 Å². The maximum absolute atomic E-state index is 11.6. The van der Waals surface area contributed by atoms with Crippen LogP contribution in [0.4, 0.5) is 0 Å². The van der Waals surface area contributed by atoms with E-state index in [0.717, 1.165) is 4.47 Å². The molecule has 0 aromatic heterocycles. The lowest BCUT2D eigenvalue weighted by Gasteiger charge is -2.22. The predicted octanol–water partition coefficient (Wildman–Crippen LogP) is 1.60. The van der Waals surface area contributed by atoms with E-state index in [2.05, 4.69) is 21.2 Å². The van der Waals surface area contributed by atoms with Gasteiger partial charge in [-0.1, -0.05) is 15.9 Å². The number of hydrogen-bond donors (Lipinski definition) is 2. The largest absolute Gasteiger partial charge is 0.493 e. The molecule has 1 rings (SSSR count). The fourth-order valence-corrected chi connectivity index (χ4v) is 1.53. The van der Waals surface area contributed by atoms with Gasteiger partial charge in [-0.05, 0) is 38.1 Å². The minimum atomic E-state index is -1.05. The fraction of sp³-hybridized carbons (Fsp3) is 0.385. The first-order valence-corrected chi connectivity index (χ1v) is 6.60. The number of halogens is 1. The van der Waals surface area contributed by atoms with Crippen LogP contribution in [-0.2, 0) is 9.59 Å². The van der Waals surface area contributed by atoms with Crippen molar-refractivity contribution in [1.29, 1.82) is 0 Å². The van der Waals surface area contributed by atoms with Gasteiger partial charge in [-0.3, -0.25) is 9.59 Å². The Hall–Kier alpha value is -1.56. The van der Waals surface area contributed by atoms with Gasteiger partial charge in [0.15, 0.2) is 0 Å². The number of nitrogens with one attached hydrogen (secondary N) is 1. The monoisotopic (exact) mass is 328 g/mol. The van der Waals surface area contributed by atoms with Crippen LogP contribution in [0, 0.1) is 0 Å². The minimum absolute atomic E-state index is 0.159. The first-order chi connectivity index (χ1) is 8.81. The SMILES string of the molecule is CC(C)(NC(=O)CCOc1ccc(Br)cc1)C(N)=O. The Bertz CT molecular complexity index is 457. The Kier molecular flexibility index (Phi) is 5.35. The van der Waals surface area contributed by atoms with E-state index in [9.17, 15) is 9.59 Å². The molecular weight excluding hydrogens is 312 g/mol. The zero-order chi connectivity index (χ0) is 14.5. The number of nitrogens with two attached hydrogens (primary N) is 1. The minimum Gasteiger partial charge on any atom is -0.493 e. The molecule has 0 atom stereocenters. The third-order valence-corrected chi connectivity index (χ3v) is 3.01. The van der Waals surface area contributed by atoms with E-state index in [1.54, 1.807) is 26.0 Å².